The maximum absolute atomic E-state index is 12.2. The van der Waals surface area contributed by atoms with Gasteiger partial charge in [0.2, 0.25) is 5.91 Å². The lowest BCUT2D eigenvalue weighted by atomic mass is 10.2. The van der Waals surface area contributed by atoms with E-state index < -0.39 is 0 Å². The van der Waals surface area contributed by atoms with E-state index in [1.54, 1.807) is 4.57 Å². The van der Waals surface area contributed by atoms with Crippen LogP contribution in [0.15, 0.2) is 30.3 Å². The summed E-state index contributed by atoms with van der Waals surface area (Å²) in [5.74, 6) is 0.677. The number of hydrogen-bond donors (Lipinski definition) is 2. The van der Waals surface area contributed by atoms with Crippen molar-refractivity contribution in [2.24, 2.45) is 0 Å². The van der Waals surface area contributed by atoms with Gasteiger partial charge in [-0.05, 0) is 32.0 Å². The van der Waals surface area contributed by atoms with E-state index in [9.17, 15) is 4.79 Å². The predicted molar refractivity (Wildman–Crippen MR) is 78.7 cm³/mol. The fourth-order valence-corrected chi connectivity index (χ4v) is 2.41. The van der Waals surface area contributed by atoms with Crippen molar-refractivity contribution in [3.63, 3.8) is 0 Å². The van der Waals surface area contributed by atoms with Gasteiger partial charge in [0.15, 0.2) is 10.6 Å². The Labute approximate surface area is 122 Å². The Hall–Kier alpha value is -1.95. The van der Waals surface area contributed by atoms with E-state index in [0.717, 1.165) is 18.4 Å². The van der Waals surface area contributed by atoms with Gasteiger partial charge < -0.3 is 5.32 Å². The van der Waals surface area contributed by atoms with Crippen LogP contribution in [-0.4, -0.2) is 26.7 Å². The van der Waals surface area contributed by atoms with E-state index >= 15 is 0 Å². The number of amides is 1. The third-order valence-corrected chi connectivity index (χ3v) is 3.71. The molecule has 5 nitrogen and oxygen atoms in total. The largest absolute Gasteiger partial charge is 0.352 e. The molecule has 0 spiro atoms. The third kappa shape index (κ3) is 2.51. The molecule has 1 amide bonds. The van der Waals surface area contributed by atoms with Crippen LogP contribution in [0.4, 0.5) is 0 Å². The van der Waals surface area contributed by atoms with Gasteiger partial charge in [0.05, 0.1) is 0 Å². The molecule has 2 N–H and O–H groups in total. The van der Waals surface area contributed by atoms with Crippen molar-refractivity contribution in [3.05, 3.63) is 35.1 Å². The zero-order chi connectivity index (χ0) is 14.1. The standard InChI is InChI=1S/C14H16N4OS/c1-9(13(19)15-11-7-8-11)18-12(16-17-14(18)20)10-5-3-2-4-6-10/h2-6,9,11H,7-8H2,1H3,(H,15,19)(H,17,20). The van der Waals surface area contributed by atoms with Gasteiger partial charge in [-0.1, -0.05) is 30.3 Å². The Balaban J connectivity index is 1.94. The van der Waals surface area contributed by atoms with Gasteiger partial charge in [0, 0.05) is 11.6 Å². The molecule has 1 aromatic carbocycles. The first kappa shape index (κ1) is 13.1. The van der Waals surface area contributed by atoms with Crippen molar-refractivity contribution in [2.45, 2.75) is 31.8 Å². The van der Waals surface area contributed by atoms with Crippen molar-refractivity contribution in [1.82, 2.24) is 20.1 Å². The molecule has 1 fully saturated rings. The summed E-state index contributed by atoms with van der Waals surface area (Å²) in [5, 5.41) is 10.0. The fourth-order valence-electron chi connectivity index (χ4n) is 2.12. The van der Waals surface area contributed by atoms with E-state index in [-0.39, 0.29) is 11.9 Å². The minimum absolute atomic E-state index is 0.0119. The number of H-pyrrole nitrogens is 1. The maximum Gasteiger partial charge on any atom is 0.243 e. The number of rotatable bonds is 4. The van der Waals surface area contributed by atoms with Gasteiger partial charge in [0.25, 0.3) is 0 Å². The average Bonchev–Trinajstić information content (AvgIpc) is 3.19. The van der Waals surface area contributed by atoms with Crippen molar-refractivity contribution in [2.75, 3.05) is 0 Å². The van der Waals surface area contributed by atoms with Crippen molar-refractivity contribution in [3.8, 4) is 11.4 Å². The van der Waals surface area contributed by atoms with Crippen molar-refractivity contribution in [1.29, 1.82) is 0 Å². The molecule has 1 aliphatic carbocycles. The second-order valence-electron chi connectivity index (χ2n) is 5.05. The lowest BCUT2D eigenvalue weighted by Crippen LogP contribution is -2.32. The minimum atomic E-state index is -0.378. The number of aromatic amines is 1. The highest BCUT2D eigenvalue weighted by Gasteiger charge is 2.27. The van der Waals surface area contributed by atoms with Crippen molar-refractivity contribution >= 4 is 18.1 Å². The molecule has 3 rings (SSSR count). The smallest absolute Gasteiger partial charge is 0.243 e. The van der Waals surface area contributed by atoms with Gasteiger partial charge >= 0.3 is 0 Å². The first-order chi connectivity index (χ1) is 9.66. The quantitative estimate of drug-likeness (QED) is 0.849. The molecule has 104 valence electrons. The van der Waals surface area contributed by atoms with Gasteiger partial charge in [-0.3, -0.25) is 14.5 Å². The van der Waals surface area contributed by atoms with E-state index in [1.165, 1.54) is 0 Å². The summed E-state index contributed by atoms with van der Waals surface area (Å²) in [4.78, 5) is 12.2. The topological polar surface area (TPSA) is 62.7 Å². The molecule has 6 heteroatoms. The van der Waals surface area contributed by atoms with Gasteiger partial charge in [-0.25, -0.2) is 0 Å². The molecule has 1 unspecified atom stereocenters. The fraction of sp³-hybridized carbons (Fsp3) is 0.357. The summed E-state index contributed by atoms with van der Waals surface area (Å²) in [7, 11) is 0. The number of nitrogens with one attached hydrogen (secondary N) is 2. The lowest BCUT2D eigenvalue weighted by molar-refractivity contribution is -0.124. The molecule has 0 aliphatic heterocycles. The summed E-state index contributed by atoms with van der Waals surface area (Å²) in [5.41, 5.74) is 0.936. The van der Waals surface area contributed by atoms with Crippen molar-refractivity contribution < 1.29 is 4.79 Å². The van der Waals surface area contributed by atoms with Gasteiger partial charge in [0.1, 0.15) is 6.04 Å². The SMILES string of the molecule is CC(C(=O)NC1CC1)n1c(-c2ccccc2)n[nH]c1=S. The van der Waals surface area contributed by atoms with E-state index in [2.05, 4.69) is 15.5 Å². The second-order valence-corrected chi connectivity index (χ2v) is 5.43. The van der Waals surface area contributed by atoms with Crippen LogP contribution in [-0.2, 0) is 4.79 Å². The highest BCUT2D eigenvalue weighted by Crippen LogP contribution is 2.23. The van der Waals surface area contributed by atoms with Crippen LogP contribution in [0.3, 0.4) is 0 Å². The molecule has 0 saturated heterocycles. The Morgan fingerprint density at radius 1 is 1.45 bits per heavy atom. The van der Waals surface area contributed by atoms with Gasteiger partial charge in [-0.15, -0.1) is 0 Å². The number of benzene rings is 1. The number of aromatic nitrogens is 3. The number of nitrogens with zero attached hydrogens (tertiary/aromatic N) is 2. The van der Waals surface area contributed by atoms with Gasteiger partial charge in [-0.2, -0.15) is 5.10 Å². The Bertz CT molecular complexity index is 672. The molecule has 0 radical (unpaired) electrons. The minimum Gasteiger partial charge on any atom is -0.352 e. The zero-order valence-corrected chi connectivity index (χ0v) is 12.0. The van der Waals surface area contributed by atoms with E-state index in [1.807, 2.05) is 37.3 Å². The molecule has 1 saturated carbocycles. The first-order valence-corrected chi connectivity index (χ1v) is 7.10. The summed E-state index contributed by atoms with van der Waals surface area (Å²) in [6.07, 6.45) is 2.14. The molecule has 2 aromatic rings. The zero-order valence-electron chi connectivity index (χ0n) is 11.2. The predicted octanol–water partition coefficient (Wildman–Crippen LogP) is 2.45. The van der Waals surface area contributed by atoms with Crippen LogP contribution < -0.4 is 5.32 Å². The summed E-state index contributed by atoms with van der Waals surface area (Å²) >= 11 is 5.26. The molecule has 20 heavy (non-hydrogen) atoms. The van der Waals surface area contributed by atoms with Crippen LogP contribution in [0.5, 0.6) is 0 Å². The molecule has 1 heterocycles. The highest BCUT2D eigenvalue weighted by atomic mass is 32.1. The molecule has 0 bridgehead atoms. The third-order valence-electron chi connectivity index (χ3n) is 3.43. The lowest BCUT2D eigenvalue weighted by Gasteiger charge is -2.15. The molecule has 1 aliphatic rings. The normalized spacial score (nSPS) is 15.8. The van der Waals surface area contributed by atoms with Crippen LogP contribution in [0.2, 0.25) is 0 Å². The number of carbonyl (C=O) groups is 1. The first-order valence-electron chi connectivity index (χ1n) is 6.69. The molecular weight excluding hydrogens is 272 g/mol. The van der Waals surface area contributed by atoms with Crippen LogP contribution in [0.25, 0.3) is 11.4 Å². The number of carbonyl (C=O) groups excluding carboxylic acids is 1. The maximum atomic E-state index is 12.2. The average molecular weight is 288 g/mol. The molecule has 1 aromatic heterocycles. The van der Waals surface area contributed by atoms with Crippen LogP contribution in [0.1, 0.15) is 25.8 Å². The van der Waals surface area contributed by atoms with Crippen LogP contribution in [0, 0.1) is 4.77 Å². The van der Waals surface area contributed by atoms with E-state index in [4.69, 9.17) is 12.2 Å². The summed E-state index contributed by atoms with van der Waals surface area (Å²) < 4.78 is 2.23. The Morgan fingerprint density at radius 2 is 2.15 bits per heavy atom. The molecular formula is C14H16N4OS. The second kappa shape index (κ2) is 5.20. The summed E-state index contributed by atoms with van der Waals surface area (Å²) in [6, 6.07) is 9.68. The summed E-state index contributed by atoms with van der Waals surface area (Å²) in [6.45, 7) is 1.84. The Kier molecular flexibility index (Phi) is 3.40. The highest BCUT2D eigenvalue weighted by molar-refractivity contribution is 7.71. The molecule has 1 atom stereocenters. The number of hydrogen-bond acceptors (Lipinski definition) is 3. The van der Waals surface area contributed by atoms with E-state index in [0.29, 0.717) is 16.6 Å². The Morgan fingerprint density at radius 3 is 2.80 bits per heavy atom. The van der Waals surface area contributed by atoms with Crippen LogP contribution >= 0.6 is 12.2 Å². The monoisotopic (exact) mass is 288 g/mol.